The maximum atomic E-state index is 12.0. The molecule has 0 saturated heterocycles. The molecule has 1 aromatic carbocycles. The van der Waals surface area contributed by atoms with Crippen LogP contribution < -0.4 is 17.1 Å². The van der Waals surface area contributed by atoms with Crippen LogP contribution in [-0.4, -0.2) is 9.60 Å². The summed E-state index contributed by atoms with van der Waals surface area (Å²) >= 11 is 0. The van der Waals surface area contributed by atoms with Crippen molar-refractivity contribution >= 4 is 11.5 Å². The first-order valence-electron chi connectivity index (χ1n) is 5.81. The molecule has 1 heterocycles. The van der Waals surface area contributed by atoms with Gasteiger partial charge in [0.2, 0.25) is 0 Å². The van der Waals surface area contributed by atoms with E-state index in [4.69, 9.17) is 11.6 Å². The van der Waals surface area contributed by atoms with Gasteiger partial charge in [0.15, 0.2) is 0 Å². The quantitative estimate of drug-likeness (QED) is 0.461. The van der Waals surface area contributed by atoms with Gasteiger partial charge in [0, 0.05) is 11.6 Å². The summed E-state index contributed by atoms with van der Waals surface area (Å²) in [5.41, 5.74) is 3.32. The van der Waals surface area contributed by atoms with Gasteiger partial charge in [-0.15, -0.1) is 0 Å². The largest absolute Gasteiger partial charge is 0.382 e. The molecule has 0 bridgehead atoms. The molecule has 0 spiro atoms. The van der Waals surface area contributed by atoms with Gasteiger partial charge < -0.3 is 11.6 Å². The van der Waals surface area contributed by atoms with Gasteiger partial charge in [-0.05, 0) is 6.07 Å². The van der Waals surface area contributed by atoms with E-state index in [-0.39, 0.29) is 28.2 Å². The summed E-state index contributed by atoms with van der Waals surface area (Å²) in [6.45, 7) is 0. The molecule has 0 radical (unpaired) electrons. The number of nitro groups is 1. The highest BCUT2D eigenvalue weighted by molar-refractivity contribution is 5.85. The zero-order chi connectivity index (χ0) is 16.4. The van der Waals surface area contributed by atoms with Crippen LogP contribution in [0.3, 0.4) is 0 Å². The maximum absolute atomic E-state index is 12.0. The minimum atomic E-state index is -0.938. The summed E-state index contributed by atoms with van der Waals surface area (Å²) in [4.78, 5) is 22.5. The average molecular weight is 296 g/mol. The lowest BCUT2D eigenvalue weighted by molar-refractivity contribution is -0.384. The van der Waals surface area contributed by atoms with Gasteiger partial charge in [0.1, 0.15) is 29.1 Å². The van der Waals surface area contributed by atoms with Gasteiger partial charge in [-0.1, -0.05) is 12.1 Å². The molecule has 0 fully saturated rings. The lowest BCUT2D eigenvalue weighted by Crippen LogP contribution is -2.33. The third kappa shape index (κ3) is 1.99. The van der Waals surface area contributed by atoms with Crippen LogP contribution in [0.5, 0.6) is 0 Å². The zero-order valence-corrected chi connectivity index (χ0v) is 11.0. The maximum Gasteiger partial charge on any atom is 0.289 e. The molecular weight excluding hydrogens is 288 g/mol. The van der Waals surface area contributed by atoms with Crippen molar-refractivity contribution in [2.75, 3.05) is 11.6 Å². The van der Waals surface area contributed by atoms with Crippen LogP contribution >= 0.6 is 0 Å². The Balaban J connectivity index is 3.07. The summed E-state index contributed by atoms with van der Waals surface area (Å²) in [6, 6.07) is 8.79. The highest BCUT2D eigenvalue weighted by atomic mass is 16.6. The van der Waals surface area contributed by atoms with E-state index in [1.165, 1.54) is 24.3 Å². The van der Waals surface area contributed by atoms with Crippen molar-refractivity contribution in [3.63, 3.8) is 0 Å². The molecule has 1 aromatic heterocycles. The number of aromatic nitrogens is 1. The van der Waals surface area contributed by atoms with Crippen LogP contribution in [0.1, 0.15) is 11.1 Å². The Kier molecular flexibility index (Phi) is 3.48. The van der Waals surface area contributed by atoms with Gasteiger partial charge in [-0.3, -0.25) is 14.9 Å². The van der Waals surface area contributed by atoms with Crippen molar-refractivity contribution in [2.45, 2.75) is 0 Å². The molecule has 0 aliphatic rings. The molecule has 0 aliphatic heterocycles. The molecule has 9 heteroatoms. The van der Waals surface area contributed by atoms with E-state index in [1.807, 2.05) is 0 Å². The second-order valence-corrected chi connectivity index (χ2v) is 4.18. The van der Waals surface area contributed by atoms with E-state index in [0.29, 0.717) is 4.68 Å². The number of rotatable bonds is 2. The predicted molar refractivity (Wildman–Crippen MR) is 76.8 cm³/mol. The lowest BCUT2D eigenvalue weighted by atomic mass is 9.95. The molecule has 2 aromatic rings. The van der Waals surface area contributed by atoms with Crippen LogP contribution in [0.25, 0.3) is 11.1 Å². The van der Waals surface area contributed by atoms with Gasteiger partial charge >= 0.3 is 0 Å². The number of anilines is 1. The summed E-state index contributed by atoms with van der Waals surface area (Å²) in [7, 11) is 0. The van der Waals surface area contributed by atoms with Crippen molar-refractivity contribution in [1.29, 1.82) is 10.5 Å². The first-order valence-corrected chi connectivity index (χ1v) is 5.81. The highest BCUT2D eigenvalue weighted by Crippen LogP contribution is 2.34. The molecule has 0 saturated carbocycles. The minimum absolute atomic E-state index is 0.0509. The standard InChI is InChI=1S/C13H8N6O3/c14-5-8-11(7-3-1-2-4-10(7)19(21)22)9(6-15)13(20)18(17)12(8)16/h1-4H,16-17H2. The molecule has 22 heavy (non-hydrogen) atoms. The number of nitrogens with zero attached hydrogens (tertiary/aromatic N) is 4. The average Bonchev–Trinajstić information content (AvgIpc) is 2.52. The second kappa shape index (κ2) is 5.26. The number of nitrogen functional groups attached to an aromatic ring is 2. The smallest absolute Gasteiger partial charge is 0.289 e. The van der Waals surface area contributed by atoms with E-state index >= 15 is 0 Å². The van der Waals surface area contributed by atoms with Crippen molar-refractivity contribution in [1.82, 2.24) is 4.68 Å². The molecule has 4 N–H and O–H groups in total. The minimum Gasteiger partial charge on any atom is -0.382 e. The van der Waals surface area contributed by atoms with Gasteiger partial charge in [0.25, 0.3) is 11.2 Å². The van der Waals surface area contributed by atoms with Crippen LogP contribution in [0.2, 0.25) is 0 Å². The van der Waals surface area contributed by atoms with Crippen molar-refractivity contribution in [2.24, 2.45) is 0 Å². The Morgan fingerprint density at radius 3 is 2.32 bits per heavy atom. The van der Waals surface area contributed by atoms with Crippen molar-refractivity contribution in [3.8, 4) is 23.3 Å². The molecule has 0 aliphatic carbocycles. The molecule has 0 amide bonds. The Morgan fingerprint density at radius 2 is 1.77 bits per heavy atom. The van der Waals surface area contributed by atoms with Gasteiger partial charge in [-0.25, -0.2) is 4.68 Å². The number of benzene rings is 1. The first kappa shape index (κ1) is 14.6. The Bertz CT molecular complexity index is 933. The molecule has 0 atom stereocenters. The SMILES string of the molecule is N#Cc1c(-c2ccccc2[N+](=O)[O-])c(C#N)c(=O)n(N)c1N. The van der Waals surface area contributed by atoms with E-state index in [2.05, 4.69) is 0 Å². The summed E-state index contributed by atoms with van der Waals surface area (Å²) in [5, 5.41) is 29.6. The Morgan fingerprint density at radius 1 is 1.18 bits per heavy atom. The van der Waals surface area contributed by atoms with E-state index in [0.717, 1.165) is 0 Å². The number of nitriles is 2. The van der Waals surface area contributed by atoms with Crippen LogP contribution in [-0.2, 0) is 0 Å². The van der Waals surface area contributed by atoms with Gasteiger partial charge in [0.05, 0.1) is 10.5 Å². The van der Waals surface area contributed by atoms with Crippen LogP contribution in [0.4, 0.5) is 11.5 Å². The fraction of sp³-hybridized carbons (Fsp3) is 0. The van der Waals surface area contributed by atoms with Gasteiger partial charge in [-0.2, -0.15) is 10.5 Å². The molecule has 108 valence electrons. The van der Waals surface area contributed by atoms with Crippen molar-refractivity contribution in [3.05, 3.63) is 55.9 Å². The highest BCUT2D eigenvalue weighted by Gasteiger charge is 2.25. The number of hydrogen-bond donors (Lipinski definition) is 2. The molecule has 2 rings (SSSR count). The fourth-order valence-corrected chi connectivity index (χ4v) is 2.04. The van der Waals surface area contributed by atoms with E-state index < -0.39 is 16.0 Å². The number of nitrogens with two attached hydrogens (primary N) is 2. The summed E-state index contributed by atoms with van der Waals surface area (Å²) < 4.78 is 0.468. The second-order valence-electron chi connectivity index (χ2n) is 4.18. The van der Waals surface area contributed by atoms with Crippen molar-refractivity contribution < 1.29 is 4.92 Å². The molecule has 9 nitrogen and oxygen atoms in total. The van der Waals surface area contributed by atoms with Crippen LogP contribution in [0, 0.1) is 32.8 Å². The predicted octanol–water partition coefficient (Wildman–Crippen LogP) is 0.463. The number of pyridine rings is 1. The topological polar surface area (TPSA) is 165 Å². The number of hydrogen-bond acceptors (Lipinski definition) is 7. The Labute approximate surface area is 123 Å². The summed E-state index contributed by atoms with van der Waals surface area (Å²) in [6.07, 6.45) is 0. The third-order valence-corrected chi connectivity index (χ3v) is 3.04. The lowest BCUT2D eigenvalue weighted by Gasteiger charge is -2.12. The first-order chi connectivity index (χ1) is 10.4. The summed E-state index contributed by atoms with van der Waals surface area (Å²) in [5.74, 6) is 5.05. The third-order valence-electron chi connectivity index (χ3n) is 3.04. The monoisotopic (exact) mass is 296 g/mol. The number of para-hydroxylation sites is 1. The normalized spacial score (nSPS) is 9.73. The molecular formula is C13H8N6O3. The molecule has 0 unspecified atom stereocenters. The van der Waals surface area contributed by atoms with E-state index in [1.54, 1.807) is 12.1 Å². The Hall–Kier alpha value is -3.85. The van der Waals surface area contributed by atoms with E-state index in [9.17, 15) is 25.4 Å². The number of nitro benzene ring substituents is 1. The zero-order valence-electron chi connectivity index (χ0n) is 11.0. The van der Waals surface area contributed by atoms with Crippen LogP contribution in [0.15, 0.2) is 29.1 Å². The fourth-order valence-electron chi connectivity index (χ4n) is 2.04.